The van der Waals surface area contributed by atoms with Crippen molar-refractivity contribution in [3.63, 3.8) is 0 Å². The first-order chi connectivity index (χ1) is 9.63. The van der Waals surface area contributed by atoms with Gasteiger partial charge in [0.25, 0.3) is 0 Å². The van der Waals surface area contributed by atoms with Crippen LogP contribution in [0.3, 0.4) is 0 Å². The van der Waals surface area contributed by atoms with Crippen LogP contribution in [-0.4, -0.2) is 36.5 Å². The van der Waals surface area contributed by atoms with Gasteiger partial charge in [-0.2, -0.15) is 0 Å². The summed E-state index contributed by atoms with van der Waals surface area (Å²) < 4.78 is 0. The molecule has 1 aromatic carbocycles. The molecule has 2 rings (SSSR count). The van der Waals surface area contributed by atoms with Crippen LogP contribution in [0.25, 0.3) is 0 Å². The fourth-order valence-electron chi connectivity index (χ4n) is 3.15. The fourth-order valence-corrected chi connectivity index (χ4v) is 3.15. The number of hydrogen-bond donors (Lipinski definition) is 1. The van der Waals surface area contributed by atoms with E-state index in [4.69, 9.17) is 0 Å². The topological polar surface area (TPSA) is 32.3 Å². The SMILES string of the molecule is CC(=O)N[C@H]1CCCN(C[C@H](C)Cc2ccccc2)C1. The van der Waals surface area contributed by atoms with E-state index < -0.39 is 0 Å². The lowest BCUT2D eigenvalue weighted by molar-refractivity contribution is -0.120. The molecule has 0 spiro atoms. The lowest BCUT2D eigenvalue weighted by Gasteiger charge is -2.34. The van der Waals surface area contributed by atoms with E-state index in [1.54, 1.807) is 6.92 Å². The van der Waals surface area contributed by atoms with Gasteiger partial charge in [0.05, 0.1) is 0 Å². The molecule has 0 bridgehead atoms. The number of nitrogens with zero attached hydrogens (tertiary/aromatic N) is 1. The summed E-state index contributed by atoms with van der Waals surface area (Å²) in [5.41, 5.74) is 1.41. The van der Waals surface area contributed by atoms with Crippen molar-refractivity contribution in [2.45, 2.75) is 39.2 Å². The minimum atomic E-state index is 0.0918. The largest absolute Gasteiger partial charge is 0.352 e. The number of likely N-dealkylation sites (tertiary alicyclic amines) is 1. The number of amides is 1. The van der Waals surface area contributed by atoms with Crippen molar-refractivity contribution in [3.8, 4) is 0 Å². The van der Waals surface area contributed by atoms with Gasteiger partial charge in [-0.3, -0.25) is 4.79 Å². The molecule has 3 heteroatoms. The Bertz CT molecular complexity index is 418. The standard InChI is InChI=1S/C17H26N2O/c1-14(11-16-7-4-3-5-8-16)12-19-10-6-9-17(13-19)18-15(2)20/h3-5,7-8,14,17H,6,9-13H2,1-2H3,(H,18,20)/t14-,17+/m1/s1. The van der Waals surface area contributed by atoms with E-state index in [0.29, 0.717) is 12.0 Å². The van der Waals surface area contributed by atoms with E-state index in [9.17, 15) is 4.79 Å². The molecule has 3 nitrogen and oxygen atoms in total. The van der Waals surface area contributed by atoms with Gasteiger partial charge in [0.15, 0.2) is 0 Å². The van der Waals surface area contributed by atoms with Gasteiger partial charge < -0.3 is 10.2 Å². The van der Waals surface area contributed by atoms with Crippen molar-refractivity contribution in [2.75, 3.05) is 19.6 Å². The van der Waals surface area contributed by atoms with Gasteiger partial charge in [-0.25, -0.2) is 0 Å². The van der Waals surface area contributed by atoms with Crippen LogP contribution in [0.2, 0.25) is 0 Å². The number of rotatable bonds is 5. The van der Waals surface area contributed by atoms with Crippen LogP contribution >= 0.6 is 0 Å². The zero-order valence-corrected chi connectivity index (χ0v) is 12.6. The van der Waals surface area contributed by atoms with Crippen molar-refractivity contribution in [1.29, 1.82) is 0 Å². The maximum absolute atomic E-state index is 11.2. The average Bonchev–Trinajstić information content (AvgIpc) is 2.39. The van der Waals surface area contributed by atoms with Crippen molar-refractivity contribution < 1.29 is 4.79 Å². The van der Waals surface area contributed by atoms with E-state index in [1.165, 1.54) is 12.0 Å². The van der Waals surface area contributed by atoms with Crippen LogP contribution in [0, 0.1) is 5.92 Å². The molecule has 1 amide bonds. The molecule has 0 unspecified atom stereocenters. The summed E-state index contributed by atoms with van der Waals surface area (Å²) in [7, 11) is 0. The third-order valence-electron chi connectivity index (χ3n) is 3.91. The van der Waals surface area contributed by atoms with Crippen LogP contribution < -0.4 is 5.32 Å². The van der Waals surface area contributed by atoms with E-state index in [2.05, 4.69) is 47.5 Å². The molecule has 0 saturated carbocycles. The molecule has 2 atom stereocenters. The van der Waals surface area contributed by atoms with Crippen LogP contribution in [0.4, 0.5) is 0 Å². The Balaban J connectivity index is 1.78. The Labute approximate surface area is 122 Å². The van der Waals surface area contributed by atoms with Crippen molar-refractivity contribution in [3.05, 3.63) is 35.9 Å². The van der Waals surface area contributed by atoms with E-state index in [1.807, 2.05) is 0 Å². The van der Waals surface area contributed by atoms with Crippen LogP contribution in [-0.2, 0) is 11.2 Å². The Kier molecular flexibility index (Phi) is 5.60. The Morgan fingerprint density at radius 2 is 2.15 bits per heavy atom. The van der Waals surface area contributed by atoms with Gasteiger partial charge in [0, 0.05) is 26.1 Å². The molecule has 110 valence electrons. The minimum absolute atomic E-state index is 0.0918. The second-order valence-electron chi connectivity index (χ2n) is 6.09. The smallest absolute Gasteiger partial charge is 0.217 e. The quantitative estimate of drug-likeness (QED) is 0.894. The van der Waals surface area contributed by atoms with E-state index in [0.717, 1.165) is 32.5 Å². The average molecular weight is 274 g/mol. The maximum atomic E-state index is 11.2. The maximum Gasteiger partial charge on any atom is 0.217 e. The zero-order chi connectivity index (χ0) is 14.4. The molecular formula is C17H26N2O. The third kappa shape index (κ3) is 4.97. The molecule has 20 heavy (non-hydrogen) atoms. The van der Waals surface area contributed by atoms with Gasteiger partial charge >= 0.3 is 0 Å². The number of benzene rings is 1. The monoisotopic (exact) mass is 274 g/mol. The molecule has 1 heterocycles. The summed E-state index contributed by atoms with van der Waals surface area (Å²) >= 11 is 0. The summed E-state index contributed by atoms with van der Waals surface area (Å²) in [6, 6.07) is 11.0. The van der Waals surface area contributed by atoms with Crippen LogP contribution in [0.15, 0.2) is 30.3 Å². The molecule has 0 aliphatic carbocycles. The zero-order valence-electron chi connectivity index (χ0n) is 12.6. The third-order valence-corrected chi connectivity index (χ3v) is 3.91. The summed E-state index contributed by atoms with van der Waals surface area (Å²) in [6.45, 7) is 7.20. The summed E-state index contributed by atoms with van der Waals surface area (Å²) in [4.78, 5) is 13.7. The molecular weight excluding hydrogens is 248 g/mol. The Hall–Kier alpha value is -1.35. The fraction of sp³-hybridized carbons (Fsp3) is 0.588. The predicted octanol–water partition coefficient (Wildman–Crippen LogP) is 2.47. The van der Waals surface area contributed by atoms with Gasteiger partial charge in [-0.15, -0.1) is 0 Å². The number of carbonyl (C=O) groups is 1. The number of piperidine rings is 1. The molecule has 1 saturated heterocycles. The summed E-state index contributed by atoms with van der Waals surface area (Å²) in [5.74, 6) is 0.739. The number of nitrogens with one attached hydrogen (secondary N) is 1. The van der Waals surface area contributed by atoms with Crippen molar-refractivity contribution in [1.82, 2.24) is 10.2 Å². The summed E-state index contributed by atoms with van der Waals surface area (Å²) in [5, 5.41) is 3.05. The highest BCUT2D eigenvalue weighted by Gasteiger charge is 2.21. The van der Waals surface area contributed by atoms with Gasteiger partial charge in [0.2, 0.25) is 5.91 Å². The predicted molar refractivity (Wildman–Crippen MR) is 82.6 cm³/mol. The van der Waals surface area contributed by atoms with Crippen molar-refractivity contribution >= 4 is 5.91 Å². The summed E-state index contributed by atoms with van der Waals surface area (Å²) in [6.07, 6.45) is 3.42. The molecule has 1 N–H and O–H groups in total. The second kappa shape index (κ2) is 7.44. The lowest BCUT2D eigenvalue weighted by Crippen LogP contribution is -2.48. The van der Waals surface area contributed by atoms with E-state index >= 15 is 0 Å². The first-order valence-corrected chi connectivity index (χ1v) is 7.67. The van der Waals surface area contributed by atoms with Crippen LogP contribution in [0.1, 0.15) is 32.3 Å². The van der Waals surface area contributed by atoms with Gasteiger partial charge in [0.1, 0.15) is 0 Å². The number of carbonyl (C=O) groups excluding carboxylic acids is 1. The first-order valence-electron chi connectivity index (χ1n) is 7.67. The Morgan fingerprint density at radius 1 is 1.40 bits per heavy atom. The minimum Gasteiger partial charge on any atom is -0.352 e. The molecule has 1 fully saturated rings. The highest BCUT2D eigenvalue weighted by Crippen LogP contribution is 2.15. The van der Waals surface area contributed by atoms with Gasteiger partial charge in [-0.05, 0) is 37.3 Å². The molecule has 1 aromatic rings. The second-order valence-corrected chi connectivity index (χ2v) is 6.09. The van der Waals surface area contributed by atoms with E-state index in [-0.39, 0.29) is 5.91 Å². The first kappa shape index (κ1) is 15.0. The molecule has 0 aromatic heterocycles. The van der Waals surface area contributed by atoms with Crippen LogP contribution in [0.5, 0.6) is 0 Å². The molecule has 0 radical (unpaired) electrons. The molecule has 1 aliphatic heterocycles. The van der Waals surface area contributed by atoms with Gasteiger partial charge in [-0.1, -0.05) is 37.3 Å². The molecule has 1 aliphatic rings. The lowest BCUT2D eigenvalue weighted by atomic mass is 9.98. The highest BCUT2D eigenvalue weighted by molar-refractivity contribution is 5.73. The van der Waals surface area contributed by atoms with Crippen molar-refractivity contribution in [2.24, 2.45) is 5.92 Å². The number of hydrogen-bond acceptors (Lipinski definition) is 2. The normalized spacial score (nSPS) is 21.4. The highest BCUT2D eigenvalue weighted by atomic mass is 16.1. The Morgan fingerprint density at radius 3 is 2.85 bits per heavy atom.